The number of hydrogen-bond acceptors (Lipinski definition) is 5. The smallest absolute Gasteiger partial charge is 0.287 e. The van der Waals surface area contributed by atoms with Crippen LogP contribution in [0.25, 0.3) is 0 Å². The predicted octanol–water partition coefficient (Wildman–Crippen LogP) is 1.81. The van der Waals surface area contributed by atoms with Crippen molar-refractivity contribution in [3.8, 4) is 6.07 Å². The number of nitrogens with zero attached hydrogens (tertiary/aromatic N) is 4. The van der Waals surface area contributed by atoms with Gasteiger partial charge >= 0.3 is 0 Å². The second-order valence-corrected chi connectivity index (χ2v) is 6.76. The van der Waals surface area contributed by atoms with Gasteiger partial charge in [-0.3, -0.25) is 24.3 Å². The van der Waals surface area contributed by atoms with Crippen molar-refractivity contribution in [3.05, 3.63) is 38.3 Å². The summed E-state index contributed by atoms with van der Waals surface area (Å²) in [5, 5.41) is 20.0. The van der Waals surface area contributed by atoms with Crippen LogP contribution >= 0.6 is 0 Å². The van der Waals surface area contributed by atoms with Crippen molar-refractivity contribution in [1.82, 2.24) is 9.47 Å². The van der Waals surface area contributed by atoms with E-state index < -0.39 is 10.5 Å². The van der Waals surface area contributed by atoms with E-state index in [-0.39, 0.29) is 29.7 Å². The average molecular weight is 344 g/mol. The number of carbonyl (C=O) groups excluding carboxylic acids is 1. The Labute approximate surface area is 144 Å². The molecule has 0 aromatic carbocycles. The highest BCUT2D eigenvalue weighted by atomic mass is 16.6. The topological polar surface area (TPSA) is 109 Å². The van der Waals surface area contributed by atoms with Crippen molar-refractivity contribution in [3.63, 3.8) is 0 Å². The van der Waals surface area contributed by atoms with Crippen molar-refractivity contribution in [2.75, 3.05) is 6.54 Å². The molecule has 1 aliphatic heterocycles. The molecule has 2 aliphatic rings. The first kappa shape index (κ1) is 17.1. The third-order valence-electron chi connectivity index (χ3n) is 5.27. The Kier molecular flexibility index (Phi) is 4.83. The molecule has 2 atom stereocenters. The van der Waals surface area contributed by atoms with Gasteiger partial charge in [0.05, 0.1) is 11.1 Å². The zero-order valence-corrected chi connectivity index (χ0v) is 13.9. The van der Waals surface area contributed by atoms with Gasteiger partial charge in [-0.15, -0.1) is 0 Å². The van der Waals surface area contributed by atoms with E-state index in [4.69, 9.17) is 5.26 Å². The largest absolute Gasteiger partial charge is 0.338 e. The molecule has 1 aliphatic carbocycles. The van der Waals surface area contributed by atoms with Crippen molar-refractivity contribution in [2.24, 2.45) is 5.92 Å². The molecule has 1 saturated carbocycles. The maximum Gasteiger partial charge on any atom is 0.287 e. The summed E-state index contributed by atoms with van der Waals surface area (Å²) >= 11 is 0. The maximum atomic E-state index is 12.8. The molecule has 0 spiro atoms. The molecule has 1 saturated heterocycles. The molecule has 1 amide bonds. The number of piperidine rings is 1. The molecule has 0 radical (unpaired) electrons. The van der Waals surface area contributed by atoms with Crippen LogP contribution in [0, 0.1) is 27.4 Å². The fourth-order valence-corrected chi connectivity index (χ4v) is 4.09. The summed E-state index contributed by atoms with van der Waals surface area (Å²) in [6, 6.07) is 2.82. The number of nitriles is 1. The normalized spacial score (nSPS) is 22.8. The third kappa shape index (κ3) is 3.40. The second-order valence-electron chi connectivity index (χ2n) is 6.76. The molecule has 2 heterocycles. The molecule has 1 aromatic heterocycles. The van der Waals surface area contributed by atoms with Gasteiger partial charge in [-0.2, -0.15) is 5.26 Å². The van der Waals surface area contributed by atoms with E-state index in [1.807, 2.05) is 4.90 Å². The Balaban J connectivity index is 1.85. The van der Waals surface area contributed by atoms with Crippen molar-refractivity contribution < 1.29 is 9.72 Å². The van der Waals surface area contributed by atoms with Crippen molar-refractivity contribution in [2.45, 2.75) is 51.1 Å². The Hall–Kier alpha value is -2.69. The van der Waals surface area contributed by atoms with Crippen LogP contribution in [-0.4, -0.2) is 32.9 Å². The SMILES string of the molecule is N#Cc1cc([N+](=O)[O-])cn(CC(=O)N2CCC[C@H]3CCCC[C@@H]32)c1=O. The van der Waals surface area contributed by atoms with E-state index in [0.29, 0.717) is 12.5 Å². The van der Waals surface area contributed by atoms with Gasteiger partial charge in [-0.05, 0) is 31.6 Å². The Morgan fingerprint density at radius 1 is 1.32 bits per heavy atom. The lowest BCUT2D eigenvalue weighted by Crippen LogP contribution is -2.51. The number of fused-ring (bicyclic) bond motifs is 1. The van der Waals surface area contributed by atoms with E-state index in [9.17, 15) is 19.7 Å². The summed E-state index contributed by atoms with van der Waals surface area (Å²) in [5.41, 5.74) is -1.35. The molecule has 0 unspecified atom stereocenters. The van der Waals surface area contributed by atoms with Crippen LogP contribution < -0.4 is 5.56 Å². The van der Waals surface area contributed by atoms with Gasteiger partial charge in [0, 0.05) is 18.7 Å². The first-order valence-corrected chi connectivity index (χ1v) is 8.59. The van der Waals surface area contributed by atoms with Gasteiger partial charge < -0.3 is 4.90 Å². The minimum Gasteiger partial charge on any atom is -0.338 e. The second kappa shape index (κ2) is 7.05. The first-order valence-electron chi connectivity index (χ1n) is 8.59. The van der Waals surface area contributed by atoms with Gasteiger partial charge in [0.1, 0.15) is 18.2 Å². The summed E-state index contributed by atoms with van der Waals surface area (Å²) in [6.07, 6.45) is 7.51. The minimum absolute atomic E-state index is 0.205. The predicted molar refractivity (Wildman–Crippen MR) is 88.8 cm³/mol. The monoisotopic (exact) mass is 344 g/mol. The lowest BCUT2D eigenvalue weighted by Gasteiger charge is -2.44. The first-order chi connectivity index (χ1) is 12.0. The number of hydrogen-bond donors (Lipinski definition) is 0. The molecule has 0 N–H and O–H groups in total. The van der Waals surface area contributed by atoms with Crippen molar-refractivity contribution >= 4 is 11.6 Å². The number of nitro groups is 1. The van der Waals surface area contributed by atoms with Crippen LogP contribution in [-0.2, 0) is 11.3 Å². The zero-order chi connectivity index (χ0) is 18.0. The van der Waals surface area contributed by atoms with E-state index in [2.05, 4.69) is 0 Å². The molecule has 0 bridgehead atoms. The van der Waals surface area contributed by atoms with Gasteiger partial charge in [0.15, 0.2) is 0 Å². The number of carbonyl (C=O) groups is 1. The Morgan fingerprint density at radius 2 is 2.04 bits per heavy atom. The van der Waals surface area contributed by atoms with Crippen LogP contribution in [0.5, 0.6) is 0 Å². The van der Waals surface area contributed by atoms with Crippen LogP contribution in [0.1, 0.15) is 44.1 Å². The number of likely N-dealkylation sites (tertiary alicyclic amines) is 1. The quantitative estimate of drug-likeness (QED) is 0.613. The Bertz CT molecular complexity index is 793. The van der Waals surface area contributed by atoms with Crippen molar-refractivity contribution in [1.29, 1.82) is 5.26 Å². The van der Waals surface area contributed by atoms with Gasteiger partial charge in [0.2, 0.25) is 5.91 Å². The number of rotatable bonds is 3. The highest BCUT2D eigenvalue weighted by Gasteiger charge is 2.35. The highest BCUT2D eigenvalue weighted by molar-refractivity contribution is 5.76. The van der Waals surface area contributed by atoms with E-state index in [1.165, 1.54) is 6.42 Å². The van der Waals surface area contributed by atoms with E-state index in [1.54, 1.807) is 6.07 Å². The van der Waals surface area contributed by atoms with Crippen LogP contribution in [0.2, 0.25) is 0 Å². The molecule has 1 aromatic rings. The maximum absolute atomic E-state index is 12.8. The number of aromatic nitrogens is 1. The van der Waals surface area contributed by atoms with Gasteiger partial charge in [-0.25, -0.2) is 0 Å². The summed E-state index contributed by atoms with van der Waals surface area (Å²) < 4.78 is 0.992. The fourth-order valence-electron chi connectivity index (χ4n) is 4.09. The lowest BCUT2D eigenvalue weighted by atomic mass is 9.78. The molecular formula is C17H20N4O4. The van der Waals surface area contributed by atoms with E-state index in [0.717, 1.165) is 48.9 Å². The summed E-state index contributed by atoms with van der Waals surface area (Å²) in [7, 11) is 0. The van der Waals surface area contributed by atoms with Crippen LogP contribution in [0.3, 0.4) is 0 Å². The Morgan fingerprint density at radius 3 is 2.76 bits per heavy atom. The molecule has 8 nitrogen and oxygen atoms in total. The number of amides is 1. The fraction of sp³-hybridized carbons (Fsp3) is 0.588. The minimum atomic E-state index is -0.668. The highest BCUT2D eigenvalue weighted by Crippen LogP contribution is 2.35. The summed E-state index contributed by atoms with van der Waals surface area (Å²) in [5.74, 6) is 0.311. The molecule has 132 valence electrons. The van der Waals surface area contributed by atoms with Gasteiger partial charge in [0.25, 0.3) is 11.2 Å². The number of pyridine rings is 1. The zero-order valence-electron chi connectivity index (χ0n) is 13.9. The summed E-state index contributed by atoms with van der Waals surface area (Å²) in [6.45, 7) is 0.396. The van der Waals surface area contributed by atoms with Crippen LogP contribution in [0.15, 0.2) is 17.1 Å². The summed E-state index contributed by atoms with van der Waals surface area (Å²) in [4.78, 5) is 37.2. The average Bonchev–Trinajstić information content (AvgIpc) is 2.62. The lowest BCUT2D eigenvalue weighted by molar-refractivity contribution is -0.385. The molecular weight excluding hydrogens is 324 g/mol. The van der Waals surface area contributed by atoms with Gasteiger partial charge in [-0.1, -0.05) is 12.8 Å². The standard InChI is InChI=1S/C17H20N4O4/c18-9-13-8-14(21(24)25)10-19(17(13)23)11-16(22)20-7-3-5-12-4-1-2-6-15(12)20/h8,10,12,15H,1-7,11H2/t12-,15+/m1/s1. The molecule has 3 rings (SSSR count). The molecule has 2 fully saturated rings. The molecule has 25 heavy (non-hydrogen) atoms. The molecule has 8 heteroatoms. The van der Waals surface area contributed by atoms with E-state index >= 15 is 0 Å². The van der Waals surface area contributed by atoms with Crippen LogP contribution in [0.4, 0.5) is 5.69 Å². The third-order valence-corrected chi connectivity index (χ3v) is 5.27.